The quantitative estimate of drug-likeness (QED) is 0.803. The van der Waals surface area contributed by atoms with Crippen molar-refractivity contribution in [3.63, 3.8) is 0 Å². The van der Waals surface area contributed by atoms with Crippen molar-refractivity contribution in [2.45, 2.75) is 26.7 Å². The van der Waals surface area contributed by atoms with Gasteiger partial charge < -0.3 is 20.1 Å². The Labute approximate surface area is 174 Å². The predicted octanol–water partition coefficient (Wildman–Crippen LogP) is 2.31. The van der Waals surface area contributed by atoms with E-state index in [1.165, 1.54) is 0 Å². The maximum Gasteiger partial charge on any atom is 0.322 e. The Balaban J connectivity index is 1.35. The third-order valence-electron chi connectivity index (χ3n) is 5.62. The van der Waals surface area contributed by atoms with E-state index in [2.05, 4.69) is 15.8 Å². The number of carbonyl (C=O) groups is 3. The lowest BCUT2D eigenvalue weighted by Gasteiger charge is -2.31. The highest BCUT2D eigenvalue weighted by atomic mass is 16.5. The molecule has 9 heteroatoms. The molecule has 0 radical (unpaired) electrons. The van der Waals surface area contributed by atoms with Crippen LogP contribution in [0, 0.1) is 19.8 Å². The number of hydrogen-bond acceptors (Lipinski definition) is 5. The zero-order valence-electron chi connectivity index (χ0n) is 17.1. The highest BCUT2D eigenvalue weighted by molar-refractivity contribution is 5.98. The van der Waals surface area contributed by atoms with E-state index < -0.39 is 0 Å². The number of rotatable bonds is 4. The number of benzene rings is 1. The van der Waals surface area contributed by atoms with Crippen molar-refractivity contribution in [3.8, 4) is 0 Å². The molecular formula is C21H25N5O4. The van der Waals surface area contributed by atoms with Crippen molar-refractivity contribution in [2.24, 2.45) is 5.92 Å². The molecule has 1 aromatic carbocycles. The zero-order chi connectivity index (χ0) is 21.3. The summed E-state index contributed by atoms with van der Waals surface area (Å²) in [5.41, 5.74) is 2.30. The standard InChI is InChI=1S/C21H25N5O4/c1-13-11-16(3-4-17(13)26-10-7-22-21(26)29)20(28)25-8-5-15(6-9-25)19(27)23-18-12-14(2)30-24-18/h3-4,11-12,15H,5-10H2,1-2H3,(H,22,29)(H,23,24,27). The van der Waals surface area contributed by atoms with Crippen molar-refractivity contribution in [1.82, 2.24) is 15.4 Å². The number of nitrogens with one attached hydrogen (secondary N) is 2. The highest BCUT2D eigenvalue weighted by Gasteiger charge is 2.29. The molecule has 2 aliphatic heterocycles. The molecule has 4 rings (SSSR count). The van der Waals surface area contributed by atoms with Gasteiger partial charge in [0.1, 0.15) is 5.76 Å². The molecule has 3 heterocycles. The molecule has 0 unspecified atom stereocenters. The van der Waals surface area contributed by atoms with Gasteiger partial charge in [-0.15, -0.1) is 0 Å². The normalized spacial score (nSPS) is 17.2. The van der Waals surface area contributed by atoms with E-state index in [-0.39, 0.29) is 23.8 Å². The Morgan fingerprint density at radius 2 is 1.93 bits per heavy atom. The summed E-state index contributed by atoms with van der Waals surface area (Å²) in [5.74, 6) is 0.737. The Bertz CT molecular complexity index is 978. The highest BCUT2D eigenvalue weighted by Crippen LogP contribution is 2.25. The molecule has 2 fully saturated rings. The number of hydrogen-bond donors (Lipinski definition) is 2. The van der Waals surface area contributed by atoms with E-state index in [1.54, 1.807) is 28.9 Å². The molecule has 1 aromatic heterocycles. The first-order valence-electron chi connectivity index (χ1n) is 10.1. The second kappa shape index (κ2) is 8.17. The van der Waals surface area contributed by atoms with Crippen LogP contribution < -0.4 is 15.5 Å². The lowest BCUT2D eigenvalue weighted by atomic mass is 9.95. The van der Waals surface area contributed by atoms with Crippen molar-refractivity contribution in [3.05, 3.63) is 41.2 Å². The Kier molecular flexibility index (Phi) is 5.43. The van der Waals surface area contributed by atoms with Crippen molar-refractivity contribution in [2.75, 3.05) is 36.4 Å². The molecule has 30 heavy (non-hydrogen) atoms. The van der Waals surface area contributed by atoms with Crippen LogP contribution in [0.15, 0.2) is 28.8 Å². The number of urea groups is 1. The summed E-state index contributed by atoms with van der Waals surface area (Å²) in [6.07, 6.45) is 1.19. The van der Waals surface area contributed by atoms with Crippen LogP contribution in [0.5, 0.6) is 0 Å². The number of piperidine rings is 1. The van der Waals surface area contributed by atoms with Gasteiger partial charge in [-0.3, -0.25) is 14.5 Å². The Hall–Kier alpha value is -3.36. The molecule has 0 atom stereocenters. The molecule has 2 aromatic rings. The molecule has 158 valence electrons. The lowest BCUT2D eigenvalue weighted by molar-refractivity contribution is -0.121. The average Bonchev–Trinajstić information content (AvgIpc) is 3.35. The third kappa shape index (κ3) is 4.00. The predicted molar refractivity (Wildman–Crippen MR) is 110 cm³/mol. The molecule has 0 saturated carbocycles. The Morgan fingerprint density at radius 3 is 2.53 bits per heavy atom. The summed E-state index contributed by atoms with van der Waals surface area (Å²) in [6.45, 7) is 5.95. The molecule has 0 bridgehead atoms. The first kappa shape index (κ1) is 19.9. The summed E-state index contributed by atoms with van der Waals surface area (Å²) in [6, 6.07) is 6.98. The maximum absolute atomic E-state index is 12.9. The van der Waals surface area contributed by atoms with Crippen LogP contribution in [0.1, 0.15) is 34.5 Å². The van der Waals surface area contributed by atoms with E-state index in [0.717, 1.165) is 11.3 Å². The summed E-state index contributed by atoms with van der Waals surface area (Å²) in [4.78, 5) is 40.7. The SMILES string of the molecule is Cc1cc(NC(=O)C2CCN(C(=O)c3ccc(N4CCNC4=O)c(C)c3)CC2)no1. The van der Waals surface area contributed by atoms with Crippen molar-refractivity contribution >= 4 is 29.4 Å². The lowest BCUT2D eigenvalue weighted by Crippen LogP contribution is -2.41. The molecule has 0 spiro atoms. The largest absolute Gasteiger partial charge is 0.360 e. The first-order valence-corrected chi connectivity index (χ1v) is 10.1. The number of likely N-dealkylation sites (tertiary alicyclic amines) is 1. The molecule has 2 saturated heterocycles. The van der Waals surface area contributed by atoms with E-state index in [4.69, 9.17) is 4.52 Å². The second-order valence-electron chi connectivity index (χ2n) is 7.76. The van der Waals surface area contributed by atoms with Gasteiger partial charge in [0.25, 0.3) is 5.91 Å². The summed E-state index contributed by atoms with van der Waals surface area (Å²) in [5, 5.41) is 9.33. The number of carbonyl (C=O) groups excluding carboxylic acids is 3. The van der Waals surface area contributed by atoms with Gasteiger partial charge in [-0.1, -0.05) is 5.16 Å². The summed E-state index contributed by atoms with van der Waals surface area (Å²) >= 11 is 0. The molecule has 0 aliphatic carbocycles. The van der Waals surface area contributed by atoms with E-state index in [9.17, 15) is 14.4 Å². The van der Waals surface area contributed by atoms with Crippen LogP contribution in [0.4, 0.5) is 16.3 Å². The summed E-state index contributed by atoms with van der Waals surface area (Å²) < 4.78 is 4.96. The van der Waals surface area contributed by atoms with Gasteiger partial charge in [0, 0.05) is 49.4 Å². The van der Waals surface area contributed by atoms with Gasteiger partial charge in [0.15, 0.2) is 5.82 Å². The number of aryl methyl sites for hydroxylation is 2. The Morgan fingerprint density at radius 1 is 1.17 bits per heavy atom. The van der Waals surface area contributed by atoms with Gasteiger partial charge >= 0.3 is 6.03 Å². The van der Waals surface area contributed by atoms with Gasteiger partial charge in [0.2, 0.25) is 5.91 Å². The molecule has 9 nitrogen and oxygen atoms in total. The van der Waals surface area contributed by atoms with Crippen LogP contribution >= 0.6 is 0 Å². The van der Waals surface area contributed by atoms with Crippen LogP contribution in [0.25, 0.3) is 0 Å². The number of nitrogens with zero attached hydrogens (tertiary/aromatic N) is 3. The minimum atomic E-state index is -0.163. The van der Waals surface area contributed by atoms with Gasteiger partial charge in [0.05, 0.1) is 0 Å². The molecular weight excluding hydrogens is 386 g/mol. The third-order valence-corrected chi connectivity index (χ3v) is 5.62. The van der Waals surface area contributed by atoms with Crippen LogP contribution in [-0.2, 0) is 4.79 Å². The van der Waals surface area contributed by atoms with E-state index in [1.807, 2.05) is 19.1 Å². The van der Waals surface area contributed by atoms with E-state index in [0.29, 0.717) is 56.2 Å². The maximum atomic E-state index is 12.9. The first-order chi connectivity index (χ1) is 14.4. The van der Waals surface area contributed by atoms with Gasteiger partial charge in [-0.2, -0.15) is 0 Å². The topological polar surface area (TPSA) is 108 Å². The average molecular weight is 411 g/mol. The van der Waals surface area contributed by atoms with Crippen molar-refractivity contribution < 1.29 is 18.9 Å². The van der Waals surface area contributed by atoms with Gasteiger partial charge in [-0.05, 0) is 50.5 Å². The summed E-state index contributed by atoms with van der Waals surface area (Å²) in [7, 11) is 0. The minimum Gasteiger partial charge on any atom is -0.360 e. The van der Waals surface area contributed by atoms with Crippen LogP contribution in [0.2, 0.25) is 0 Å². The molecule has 2 aliphatic rings. The molecule has 2 N–H and O–H groups in total. The van der Waals surface area contributed by atoms with E-state index >= 15 is 0 Å². The van der Waals surface area contributed by atoms with Crippen LogP contribution in [0.3, 0.4) is 0 Å². The minimum absolute atomic E-state index is 0.0542. The fourth-order valence-electron chi connectivity index (χ4n) is 3.97. The molecule has 4 amide bonds. The number of amides is 4. The fraction of sp³-hybridized carbons (Fsp3) is 0.429. The number of aromatic nitrogens is 1. The smallest absolute Gasteiger partial charge is 0.322 e. The van der Waals surface area contributed by atoms with Gasteiger partial charge in [-0.25, -0.2) is 4.79 Å². The number of anilines is 2. The second-order valence-corrected chi connectivity index (χ2v) is 7.76. The van der Waals surface area contributed by atoms with Crippen molar-refractivity contribution in [1.29, 1.82) is 0 Å². The zero-order valence-corrected chi connectivity index (χ0v) is 17.1. The monoisotopic (exact) mass is 411 g/mol. The van der Waals surface area contributed by atoms with Crippen LogP contribution in [-0.4, -0.2) is 54.1 Å². The fourth-order valence-corrected chi connectivity index (χ4v) is 3.97.